The molecule has 4 aromatic carbocycles. The average molecular weight is 665 g/mol. The zero-order valence-corrected chi connectivity index (χ0v) is 26.5. The van der Waals surface area contributed by atoms with Crippen molar-refractivity contribution in [2.45, 2.75) is 31.0 Å². The molecule has 7 nitrogen and oxygen atoms in total. The molecular formula is C35H32Cl3N3O4. The first-order chi connectivity index (χ1) is 21.9. The summed E-state index contributed by atoms with van der Waals surface area (Å²) in [5.41, 5.74) is 7.43. The van der Waals surface area contributed by atoms with Crippen molar-refractivity contribution in [2.24, 2.45) is 4.99 Å². The van der Waals surface area contributed by atoms with Gasteiger partial charge in [-0.25, -0.2) is 10.4 Å². The minimum Gasteiger partial charge on any atom is -0.494 e. The van der Waals surface area contributed by atoms with Gasteiger partial charge >= 0.3 is 0 Å². The van der Waals surface area contributed by atoms with Crippen molar-refractivity contribution < 1.29 is 19.4 Å². The van der Waals surface area contributed by atoms with Crippen LogP contribution in [0.25, 0.3) is 6.08 Å². The summed E-state index contributed by atoms with van der Waals surface area (Å²) in [6, 6.07) is 29.5. The summed E-state index contributed by atoms with van der Waals surface area (Å²) in [6.45, 7) is 0.735. The largest absolute Gasteiger partial charge is 0.494 e. The van der Waals surface area contributed by atoms with E-state index in [4.69, 9.17) is 54.4 Å². The Balaban J connectivity index is 1.51. The average Bonchev–Trinajstić information content (AvgIpc) is 3.43. The van der Waals surface area contributed by atoms with E-state index in [0.29, 0.717) is 51.5 Å². The van der Waals surface area contributed by atoms with Crippen molar-refractivity contribution >= 4 is 52.7 Å². The Morgan fingerprint density at radius 2 is 1.71 bits per heavy atom. The number of ether oxygens (including phenoxy) is 2. The van der Waals surface area contributed by atoms with E-state index in [1.807, 2.05) is 72.8 Å². The Kier molecular flexibility index (Phi) is 11.2. The number of halogens is 3. The number of aliphatic imine (C=N–C) groups is 1. The lowest BCUT2D eigenvalue weighted by Crippen LogP contribution is -2.52. The van der Waals surface area contributed by atoms with Crippen LogP contribution >= 0.6 is 34.8 Å². The third kappa shape index (κ3) is 8.06. The zero-order chi connectivity index (χ0) is 31.6. The number of nitrogens with one attached hydrogen (secondary N) is 2. The smallest absolute Gasteiger partial charge is 0.266 e. The van der Waals surface area contributed by atoms with Gasteiger partial charge in [-0.3, -0.25) is 10.2 Å². The molecule has 1 aliphatic rings. The lowest BCUT2D eigenvalue weighted by molar-refractivity contribution is -0.129. The Morgan fingerprint density at radius 3 is 2.44 bits per heavy atom. The predicted molar refractivity (Wildman–Crippen MR) is 180 cm³/mol. The van der Waals surface area contributed by atoms with E-state index in [1.165, 1.54) is 0 Å². The first-order valence-corrected chi connectivity index (χ1v) is 15.6. The maximum Gasteiger partial charge on any atom is 0.266 e. The van der Waals surface area contributed by atoms with E-state index >= 15 is 0 Å². The Hall–Kier alpha value is -3.85. The molecule has 0 saturated carbocycles. The maximum atomic E-state index is 14.3. The number of carbonyl (C=O) groups excluding carboxylic acids is 1. The van der Waals surface area contributed by atoms with E-state index < -0.39 is 17.6 Å². The van der Waals surface area contributed by atoms with Crippen LogP contribution in [0.4, 0.5) is 0 Å². The van der Waals surface area contributed by atoms with Crippen molar-refractivity contribution in [3.63, 3.8) is 0 Å². The molecule has 0 radical (unpaired) electrons. The van der Waals surface area contributed by atoms with Gasteiger partial charge in [-0.2, -0.15) is 0 Å². The number of hydrogen-bond donors (Lipinski definition) is 3. The molecule has 3 N–H and O–H groups in total. The van der Waals surface area contributed by atoms with Crippen LogP contribution in [0.15, 0.2) is 108 Å². The second-order valence-electron chi connectivity index (χ2n) is 10.4. The molecule has 0 aliphatic carbocycles. The van der Waals surface area contributed by atoms with Gasteiger partial charge in [-0.05, 0) is 53.6 Å². The third-order valence-electron chi connectivity index (χ3n) is 7.25. The monoisotopic (exact) mass is 663 g/mol. The number of benzene rings is 4. The molecule has 1 amide bonds. The lowest BCUT2D eigenvalue weighted by atomic mass is 9.84. The highest BCUT2D eigenvalue weighted by atomic mass is 35.5. The standard InChI is InChI=1S/C35H32Cl3N3O4/c36-27-15-18-29(31(38)22-27)32-35(19-6-10-24-8-2-1-3-9-24,34(43)41-39-23-26-11-4-5-12-30(26)37)40-33(45-32)25-13-16-28(17-14-25)44-21-7-20-42/h1-6,8-18,22,32,39,42H,7,19-21,23H2,(H,41,43)/b10-6+/t32-,35-/m0/s1. The molecule has 10 heteroatoms. The first kappa shape index (κ1) is 32.5. The Morgan fingerprint density at radius 1 is 0.956 bits per heavy atom. The molecule has 5 rings (SSSR count). The summed E-state index contributed by atoms with van der Waals surface area (Å²) in [7, 11) is 0. The number of hydrogen-bond acceptors (Lipinski definition) is 6. The van der Waals surface area contributed by atoms with Crippen molar-refractivity contribution in [3.8, 4) is 5.75 Å². The van der Waals surface area contributed by atoms with Crippen LogP contribution < -0.4 is 15.6 Å². The molecule has 4 aromatic rings. The highest BCUT2D eigenvalue weighted by molar-refractivity contribution is 6.35. The third-order valence-corrected chi connectivity index (χ3v) is 8.18. The van der Waals surface area contributed by atoms with Gasteiger partial charge in [0.15, 0.2) is 11.6 Å². The molecule has 0 fully saturated rings. The van der Waals surface area contributed by atoms with E-state index in [9.17, 15) is 4.79 Å². The quantitative estimate of drug-likeness (QED) is 0.101. The number of aliphatic hydroxyl groups excluding tert-OH is 1. The zero-order valence-electron chi connectivity index (χ0n) is 24.3. The fraction of sp³-hybridized carbons (Fsp3) is 0.200. The van der Waals surface area contributed by atoms with E-state index in [0.717, 1.165) is 11.1 Å². The van der Waals surface area contributed by atoms with Crippen molar-refractivity contribution in [3.05, 3.63) is 140 Å². The second-order valence-corrected chi connectivity index (χ2v) is 11.6. The number of aliphatic hydroxyl groups is 1. The van der Waals surface area contributed by atoms with E-state index in [1.54, 1.807) is 36.4 Å². The molecule has 0 spiro atoms. The van der Waals surface area contributed by atoms with Crippen molar-refractivity contribution in [1.82, 2.24) is 10.9 Å². The normalized spacial score (nSPS) is 17.6. The minimum atomic E-state index is -1.46. The minimum absolute atomic E-state index is 0.0491. The van der Waals surface area contributed by atoms with Crippen LogP contribution in [0.5, 0.6) is 5.75 Å². The van der Waals surface area contributed by atoms with Crippen molar-refractivity contribution in [1.29, 1.82) is 0 Å². The summed E-state index contributed by atoms with van der Waals surface area (Å²) in [6.07, 6.45) is 3.68. The summed E-state index contributed by atoms with van der Waals surface area (Å²) < 4.78 is 12.2. The Bertz CT molecular complexity index is 1660. The number of hydrazine groups is 1. The van der Waals surface area contributed by atoms with E-state index in [2.05, 4.69) is 10.9 Å². The van der Waals surface area contributed by atoms with Crippen LogP contribution in [0.2, 0.25) is 15.1 Å². The summed E-state index contributed by atoms with van der Waals surface area (Å²) in [4.78, 5) is 19.3. The number of nitrogens with zero attached hydrogens (tertiary/aromatic N) is 1. The highest BCUT2D eigenvalue weighted by Crippen LogP contribution is 2.45. The summed E-state index contributed by atoms with van der Waals surface area (Å²) in [5.74, 6) is 0.506. The molecule has 0 unspecified atom stereocenters. The van der Waals surface area contributed by atoms with Gasteiger partial charge in [0, 0.05) is 52.2 Å². The number of rotatable bonds is 13. The second kappa shape index (κ2) is 15.4. The molecule has 1 aliphatic heterocycles. The summed E-state index contributed by atoms with van der Waals surface area (Å²) >= 11 is 19.3. The van der Waals surface area contributed by atoms with Crippen LogP contribution in [0.1, 0.15) is 41.2 Å². The number of carbonyl (C=O) groups is 1. The fourth-order valence-corrected chi connectivity index (χ4v) is 5.62. The molecule has 0 bridgehead atoms. The van der Waals surface area contributed by atoms with Gasteiger partial charge in [-0.15, -0.1) is 0 Å². The molecule has 232 valence electrons. The Labute approximate surface area is 277 Å². The van der Waals surface area contributed by atoms with Crippen molar-refractivity contribution in [2.75, 3.05) is 13.2 Å². The van der Waals surface area contributed by atoms with Gasteiger partial charge in [-0.1, -0.05) is 102 Å². The number of amides is 1. The molecular weight excluding hydrogens is 633 g/mol. The van der Waals surface area contributed by atoms with Gasteiger partial charge in [0.25, 0.3) is 5.91 Å². The summed E-state index contributed by atoms with van der Waals surface area (Å²) in [5, 5.41) is 10.4. The lowest BCUT2D eigenvalue weighted by Gasteiger charge is -2.30. The molecule has 1 heterocycles. The van der Waals surface area contributed by atoms with Crippen LogP contribution in [-0.4, -0.2) is 35.7 Å². The molecule has 2 atom stereocenters. The van der Waals surface area contributed by atoms with Gasteiger partial charge in [0.05, 0.1) is 6.61 Å². The first-order valence-electron chi connectivity index (χ1n) is 14.4. The molecule has 45 heavy (non-hydrogen) atoms. The van der Waals surface area contributed by atoms with Crippen LogP contribution in [0, 0.1) is 0 Å². The van der Waals surface area contributed by atoms with Crippen LogP contribution in [0.3, 0.4) is 0 Å². The highest BCUT2D eigenvalue weighted by Gasteiger charge is 2.53. The van der Waals surface area contributed by atoms with Gasteiger partial charge in [0.1, 0.15) is 5.75 Å². The maximum absolute atomic E-state index is 14.3. The van der Waals surface area contributed by atoms with E-state index in [-0.39, 0.29) is 18.9 Å². The molecule has 0 saturated heterocycles. The topological polar surface area (TPSA) is 92.2 Å². The van der Waals surface area contributed by atoms with Gasteiger partial charge in [0.2, 0.25) is 5.90 Å². The molecule has 0 aromatic heterocycles. The van der Waals surface area contributed by atoms with Gasteiger partial charge < -0.3 is 14.6 Å². The predicted octanol–water partition coefficient (Wildman–Crippen LogP) is 7.59. The SMILES string of the molecule is O=C(NNCc1ccccc1Cl)[C@@]1(C/C=C/c2ccccc2)N=C(c2ccc(OCCCO)cc2)O[C@H]1c1ccc(Cl)cc1Cl. The fourth-order valence-electron chi connectivity index (χ4n) is 4.91. The van der Waals surface area contributed by atoms with Crippen LogP contribution in [-0.2, 0) is 16.1 Å².